The molecule has 7 heteroatoms. The number of rotatable bonds is 5. The van der Waals surface area contributed by atoms with Crippen LogP contribution in [-0.4, -0.2) is 60.2 Å². The van der Waals surface area contributed by atoms with Crippen LogP contribution < -0.4 is 10.6 Å². The van der Waals surface area contributed by atoms with Gasteiger partial charge in [0.15, 0.2) is 0 Å². The largest absolute Gasteiger partial charge is 0.478 e. The summed E-state index contributed by atoms with van der Waals surface area (Å²) in [6.07, 6.45) is 1.01. The minimum absolute atomic E-state index is 0.139. The number of aromatic carboxylic acids is 1. The third-order valence-electron chi connectivity index (χ3n) is 3.01. The van der Waals surface area contributed by atoms with Gasteiger partial charge in [-0.2, -0.15) is 0 Å². The van der Waals surface area contributed by atoms with Crippen molar-refractivity contribution in [2.75, 3.05) is 44.6 Å². The Morgan fingerprint density at radius 1 is 1.53 bits per heavy atom. The number of halogens is 1. The number of nitrogens with one attached hydrogen (secondary N) is 2. The monoisotopic (exact) mass is 268 g/mol. The van der Waals surface area contributed by atoms with Crippen LogP contribution in [0.5, 0.6) is 0 Å². The van der Waals surface area contributed by atoms with Gasteiger partial charge in [-0.3, -0.25) is 4.90 Å². The molecular weight excluding hydrogens is 251 g/mol. The number of aromatic nitrogens is 1. The second kappa shape index (κ2) is 6.44. The molecule has 1 aromatic rings. The number of carbonyl (C=O) groups is 1. The molecule has 6 nitrogen and oxygen atoms in total. The van der Waals surface area contributed by atoms with Gasteiger partial charge in [0.2, 0.25) is 0 Å². The highest BCUT2D eigenvalue weighted by atomic mass is 19.1. The fourth-order valence-corrected chi connectivity index (χ4v) is 2.01. The Kier molecular flexibility index (Phi) is 4.64. The summed E-state index contributed by atoms with van der Waals surface area (Å²) in [4.78, 5) is 17.0. The number of hydrogen-bond donors (Lipinski definition) is 3. The number of pyridine rings is 1. The van der Waals surface area contributed by atoms with E-state index in [9.17, 15) is 9.18 Å². The van der Waals surface area contributed by atoms with Gasteiger partial charge in [0.1, 0.15) is 17.2 Å². The summed E-state index contributed by atoms with van der Waals surface area (Å²) in [5.41, 5.74) is -0.139. The van der Waals surface area contributed by atoms with Crippen LogP contribution in [0.15, 0.2) is 12.3 Å². The predicted octanol–water partition coefficient (Wildman–Crippen LogP) is 0.236. The van der Waals surface area contributed by atoms with Crippen LogP contribution in [0.1, 0.15) is 10.4 Å². The van der Waals surface area contributed by atoms with Crippen LogP contribution in [-0.2, 0) is 0 Å². The average Bonchev–Trinajstić information content (AvgIpc) is 2.41. The van der Waals surface area contributed by atoms with Crippen molar-refractivity contribution in [3.63, 3.8) is 0 Å². The van der Waals surface area contributed by atoms with Crippen LogP contribution in [0.2, 0.25) is 0 Å². The minimum Gasteiger partial charge on any atom is -0.478 e. The number of piperazine rings is 1. The summed E-state index contributed by atoms with van der Waals surface area (Å²) in [7, 11) is 0. The molecule has 1 aromatic heterocycles. The molecule has 1 aliphatic heterocycles. The third-order valence-corrected chi connectivity index (χ3v) is 3.01. The Morgan fingerprint density at radius 2 is 2.26 bits per heavy atom. The number of anilines is 1. The fraction of sp³-hybridized carbons (Fsp3) is 0.500. The first-order chi connectivity index (χ1) is 9.16. The molecule has 0 unspecified atom stereocenters. The highest BCUT2D eigenvalue weighted by Crippen LogP contribution is 2.13. The summed E-state index contributed by atoms with van der Waals surface area (Å²) < 4.78 is 13.0. The van der Waals surface area contributed by atoms with Crippen molar-refractivity contribution in [1.82, 2.24) is 15.2 Å². The van der Waals surface area contributed by atoms with Crippen LogP contribution in [0.25, 0.3) is 0 Å². The van der Waals surface area contributed by atoms with Gasteiger partial charge in [-0.1, -0.05) is 0 Å². The van der Waals surface area contributed by atoms with Crippen molar-refractivity contribution in [3.8, 4) is 0 Å². The maximum absolute atomic E-state index is 13.0. The van der Waals surface area contributed by atoms with Gasteiger partial charge >= 0.3 is 5.97 Å². The molecule has 0 aromatic carbocycles. The van der Waals surface area contributed by atoms with E-state index in [0.29, 0.717) is 6.54 Å². The van der Waals surface area contributed by atoms with Crippen molar-refractivity contribution < 1.29 is 14.3 Å². The highest BCUT2D eigenvalue weighted by molar-refractivity contribution is 5.93. The number of nitrogens with zero attached hydrogens (tertiary/aromatic N) is 2. The third kappa shape index (κ3) is 3.87. The van der Waals surface area contributed by atoms with E-state index in [0.717, 1.165) is 45.0 Å². The molecule has 19 heavy (non-hydrogen) atoms. The van der Waals surface area contributed by atoms with Gasteiger partial charge in [-0.15, -0.1) is 0 Å². The maximum atomic E-state index is 13.0. The Morgan fingerprint density at radius 3 is 2.95 bits per heavy atom. The normalized spacial score (nSPS) is 16.3. The van der Waals surface area contributed by atoms with Gasteiger partial charge in [0.05, 0.1) is 6.20 Å². The minimum atomic E-state index is -1.18. The van der Waals surface area contributed by atoms with E-state index in [4.69, 9.17) is 5.11 Å². The molecule has 1 aliphatic rings. The maximum Gasteiger partial charge on any atom is 0.339 e. The smallest absolute Gasteiger partial charge is 0.339 e. The zero-order valence-corrected chi connectivity index (χ0v) is 10.5. The second-order valence-electron chi connectivity index (χ2n) is 4.37. The first-order valence-electron chi connectivity index (χ1n) is 6.22. The lowest BCUT2D eigenvalue weighted by atomic mass is 10.2. The first kappa shape index (κ1) is 13.7. The molecule has 3 N–H and O–H groups in total. The molecule has 0 bridgehead atoms. The van der Waals surface area contributed by atoms with Crippen molar-refractivity contribution in [1.29, 1.82) is 0 Å². The molecule has 1 fully saturated rings. The summed E-state index contributed by atoms with van der Waals surface area (Å²) in [5.74, 6) is -1.62. The van der Waals surface area contributed by atoms with Gasteiger partial charge in [0.25, 0.3) is 0 Å². The SMILES string of the molecule is O=C(O)c1cc(F)cnc1NCCN1CCNCC1. The van der Waals surface area contributed by atoms with E-state index < -0.39 is 11.8 Å². The van der Waals surface area contributed by atoms with Crippen LogP contribution in [0.4, 0.5) is 10.2 Å². The Bertz CT molecular complexity index is 449. The summed E-state index contributed by atoms with van der Waals surface area (Å²) in [5, 5.41) is 15.2. The molecular formula is C12H17FN4O2. The highest BCUT2D eigenvalue weighted by Gasteiger charge is 2.13. The van der Waals surface area contributed by atoms with Crippen molar-refractivity contribution >= 4 is 11.8 Å². The molecule has 1 saturated heterocycles. The molecule has 2 rings (SSSR count). The fourth-order valence-electron chi connectivity index (χ4n) is 2.01. The zero-order valence-electron chi connectivity index (χ0n) is 10.5. The number of carboxylic acids is 1. The summed E-state index contributed by atoms with van der Waals surface area (Å²) >= 11 is 0. The van der Waals surface area contributed by atoms with E-state index in [1.54, 1.807) is 0 Å². The van der Waals surface area contributed by atoms with E-state index >= 15 is 0 Å². The van der Waals surface area contributed by atoms with Crippen LogP contribution in [0, 0.1) is 5.82 Å². The molecule has 0 atom stereocenters. The molecule has 0 aliphatic carbocycles. The van der Waals surface area contributed by atoms with Crippen molar-refractivity contribution in [3.05, 3.63) is 23.6 Å². The molecule has 104 valence electrons. The van der Waals surface area contributed by atoms with E-state index in [-0.39, 0.29) is 11.4 Å². The Hall–Kier alpha value is -1.73. The lowest BCUT2D eigenvalue weighted by molar-refractivity contribution is 0.0697. The van der Waals surface area contributed by atoms with E-state index in [1.807, 2.05) is 0 Å². The van der Waals surface area contributed by atoms with E-state index in [1.165, 1.54) is 0 Å². The quantitative estimate of drug-likeness (QED) is 0.710. The summed E-state index contributed by atoms with van der Waals surface area (Å²) in [6, 6.07) is 0.975. The molecule has 0 amide bonds. The predicted molar refractivity (Wildman–Crippen MR) is 69.0 cm³/mol. The molecule has 0 spiro atoms. The van der Waals surface area contributed by atoms with Crippen molar-refractivity contribution in [2.24, 2.45) is 0 Å². The number of hydrogen-bond acceptors (Lipinski definition) is 5. The Labute approximate surface area is 110 Å². The molecule has 2 heterocycles. The first-order valence-corrected chi connectivity index (χ1v) is 6.22. The average molecular weight is 268 g/mol. The molecule has 0 radical (unpaired) electrons. The summed E-state index contributed by atoms with van der Waals surface area (Å²) in [6.45, 7) is 5.28. The standard InChI is InChI=1S/C12H17FN4O2/c13-9-7-10(12(18)19)11(16-8-9)15-3-6-17-4-1-14-2-5-17/h7-8,14H,1-6H2,(H,15,16)(H,18,19). The van der Waals surface area contributed by atoms with Gasteiger partial charge < -0.3 is 15.7 Å². The van der Waals surface area contributed by atoms with Crippen molar-refractivity contribution in [2.45, 2.75) is 0 Å². The van der Waals surface area contributed by atoms with E-state index in [2.05, 4.69) is 20.5 Å². The lowest BCUT2D eigenvalue weighted by Gasteiger charge is -2.27. The zero-order chi connectivity index (χ0) is 13.7. The lowest BCUT2D eigenvalue weighted by Crippen LogP contribution is -2.45. The van der Waals surface area contributed by atoms with Gasteiger partial charge in [-0.05, 0) is 6.07 Å². The topological polar surface area (TPSA) is 77.5 Å². The van der Waals surface area contributed by atoms with Gasteiger partial charge in [-0.25, -0.2) is 14.2 Å². The van der Waals surface area contributed by atoms with Gasteiger partial charge in [0, 0.05) is 39.3 Å². The van der Waals surface area contributed by atoms with Crippen LogP contribution in [0.3, 0.4) is 0 Å². The molecule has 0 saturated carbocycles. The second-order valence-corrected chi connectivity index (χ2v) is 4.37. The van der Waals surface area contributed by atoms with Crippen LogP contribution >= 0.6 is 0 Å². The number of carboxylic acid groups (broad SMARTS) is 1. The Balaban J connectivity index is 1.89.